The van der Waals surface area contributed by atoms with Gasteiger partial charge in [-0.3, -0.25) is 0 Å². The molecule has 0 spiro atoms. The third-order valence-electron chi connectivity index (χ3n) is 4.60. The number of carbonyl (C=O) groups is 2. The quantitative estimate of drug-likeness (QED) is 0.500. The minimum atomic E-state index is -1.11. The normalized spacial score (nSPS) is 10.4. The molecular weight excluding hydrogens is 352 g/mol. The van der Waals surface area contributed by atoms with Gasteiger partial charge in [-0.25, -0.2) is 9.59 Å². The van der Waals surface area contributed by atoms with E-state index in [1.54, 1.807) is 12.1 Å². The summed E-state index contributed by atoms with van der Waals surface area (Å²) in [6.45, 7) is 0. The number of hydrogen-bond acceptors (Lipinski definition) is 2. The molecular formula is C24H14O4. The average Bonchev–Trinajstić information content (AvgIpc) is 2.70. The van der Waals surface area contributed by atoms with Crippen molar-refractivity contribution in [2.24, 2.45) is 0 Å². The van der Waals surface area contributed by atoms with Gasteiger partial charge in [-0.05, 0) is 45.8 Å². The Morgan fingerprint density at radius 2 is 1.39 bits per heavy atom. The van der Waals surface area contributed by atoms with Crippen LogP contribution in [0.15, 0.2) is 72.8 Å². The molecule has 4 aromatic rings. The zero-order chi connectivity index (χ0) is 19.7. The Morgan fingerprint density at radius 3 is 2.14 bits per heavy atom. The fourth-order valence-electron chi connectivity index (χ4n) is 3.26. The lowest BCUT2D eigenvalue weighted by atomic mass is 9.95. The van der Waals surface area contributed by atoms with Gasteiger partial charge in [0, 0.05) is 11.1 Å². The SMILES string of the molecule is O=C(O)c1ccc2c(C(=O)O)cccc2c1C#Cc1ccc2ccccc2c1. The van der Waals surface area contributed by atoms with E-state index in [-0.39, 0.29) is 11.1 Å². The fraction of sp³-hybridized carbons (Fsp3) is 0. The van der Waals surface area contributed by atoms with E-state index < -0.39 is 11.9 Å². The maximum absolute atomic E-state index is 11.7. The molecule has 4 aromatic carbocycles. The summed E-state index contributed by atoms with van der Waals surface area (Å²) in [4.78, 5) is 23.2. The smallest absolute Gasteiger partial charge is 0.336 e. The fourth-order valence-corrected chi connectivity index (χ4v) is 3.26. The number of carboxylic acid groups (broad SMARTS) is 2. The summed E-state index contributed by atoms with van der Waals surface area (Å²) in [6, 6.07) is 21.4. The second kappa shape index (κ2) is 6.90. The molecule has 0 heterocycles. The number of rotatable bonds is 2. The van der Waals surface area contributed by atoms with E-state index in [0.717, 1.165) is 16.3 Å². The zero-order valence-corrected chi connectivity index (χ0v) is 14.6. The lowest BCUT2D eigenvalue weighted by Gasteiger charge is -2.07. The first-order valence-corrected chi connectivity index (χ1v) is 8.58. The number of hydrogen-bond donors (Lipinski definition) is 2. The van der Waals surface area contributed by atoms with E-state index in [1.807, 2.05) is 42.5 Å². The minimum absolute atomic E-state index is 0.0447. The summed E-state index contributed by atoms with van der Waals surface area (Å²) in [5.74, 6) is 3.82. The van der Waals surface area contributed by atoms with E-state index in [1.165, 1.54) is 18.2 Å². The third kappa shape index (κ3) is 3.06. The Kier molecular flexibility index (Phi) is 4.27. The van der Waals surface area contributed by atoms with Crippen molar-refractivity contribution < 1.29 is 19.8 Å². The molecule has 2 N–H and O–H groups in total. The van der Waals surface area contributed by atoms with Crippen LogP contribution in [0.1, 0.15) is 31.8 Å². The maximum atomic E-state index is 11.7. The van der Waals surface area contributed by atoms with Crippen molar-refractivity contribution in [2.75, 3.05) is 0 Å². The van der Waals surface area contributed by atoms with Crippen molar-refractivity contribution in [3.8, 4) is 11.8 Å². The highest BCUT2D eigenvalue weighted by Crippen LogP contribution is 2.25. The molecule has 0 aromatic heterocycles. The van der Waals surface area contributed by atoms with Gasteiger partial charge in [-0.2, -0.15) is 0 Å². The van der Waals surface area contributed by atoms with Crippen molar-refractivity contribution >= 4 is 33.5 Å². The van der Waals surface area contributed by atoms with Gasteiger partial charge in [0.1, 0.15) is 0 Å². The van der Waals surface area contributed by atoms with Crippen LogP contribution in [0.3, 0.4) is 0 Å². The van der Waals surface area contributed by atoms with Gasteiger partial charge in [0.2, 0.25) is 0 Å². The molecule has 0 aliphatic carbocycles. The molecule has 0 aliphatic rings. The average molecular weight is 366 g/mol. The molecule has 134 valence electrons. The van der Waals surface area contributed by atoms with Gasteiger partial charge in [0.25, 0.3) is 0 Å². The number of fused-ring (bicyclic) bond motifs is 2. The van der Waals surface area contributed by atoms with Crippen molar-refractivity contribution in [3.05, 3.63) is 95.1 Å². The van der Waals surface area contributed by atoms with E-state index in [0.29, 0.717) is 16.3 Å². The Morgan fingerprint density at radius 1 is 0.643 bits per heavy atom. The zero-order valence-electron chi connectivity index (χ0n) is 14.6. The molecule has 4 heteroatoms. The Bertz CT molecular complexity index is 1320. The van der Waals surface area contributed by atoms with Gasteiger partial charge in [0.05, 0.1) is 11.1 Å². The van der Waals surface area contributed by atoms with Crippen LogP contribution < -0.4 is 0 Å². The van der Waals surface area contributed by atoms with Crippen molar-refractivity contribution in [1.29, 1.82) is 0 Å². The third-order valence-corrected chi connectivity index (χ3v) is 4.60. The summed E-state index contributed by atoms with van der Waals surface area (Å²) in [6.07, 6.45) is 0. The van der Waals surface area contributed by atoms with Crippen LogP contribution in [0.5, 0.6) is 0 Å². The van der Waals surface area contributed by atoms with E-state index in [2.05, 4.69) is 11.8 Å². The van der Waals surface area contributed by atoms with E-state index in [4.69, 9.17) is 0 Å². The minimum Gasteiger partial charge on any atom is -0.478 e. The second-order valence-corrected chi connectivity index (χ2v) is 6.31. The topological polar surface area (TPSA) is 74.6 Å². The highest BCUT2D eigenvalue weighted by Gasteiger charge is 2.15. The molecule has 0 aliphatic heterocycles. The molecule has 0 amide bonds. The van der Waals surface area contributed by atoms with Gasteiger partial charge in [-0.1, -0.05) is 60.4 Å². The molecule has 0 radical (unpaired) electrons. The van der Waals surface area contributed by atoms with Crippen LogP contribution in [-0.2, 0) is 0 Å². The lowest BCUT2D eigenvalue weighted by Crippen LogP contribution is -2.03. The first kappa shape index (κ1) is 17.3. The largest absolute Gasteiger partial charge is 0.478 e. The molecule has 28 heavy (non-hydrogen) atoms. The highest BCUT2D eigenvalue weighted by atomic mass is 16.4. The second-order valence-electron chi connectivity index (χ2n) is 6.31. The van der Waals surface area contributed by atoms with Crippen LogP contribution in [0.25, 0.3) is 21.5 Å². The number of benzene rings is 4. The van der Waals surface area contributed by atoms with Gasteiger partial charge < -0.3 is 10.2 Å². The van der Waals surface area contributed by atoms with Crippen LogP contribution in [0, 0.1) is 11.8 Å². The Hall–Kier alpha value is -4.10. The molecule has 0 bridgehead atoms. The summed E-state index contributed by atoms with van der Waals surface area (Å²) in [5, 5.41) is 22.1. The van der Waals surface area contributed by atoms with Gasteiger partial charge in [-0.15, -0.1) is 0 Å². The molecule has 0 fully saturated rings. The first-order chi connectivity index (χ1) is 13.5. The standard InChI is InChI=1S/C24H14O4/c25-23(26)21-7-3-6-18-19(22(24(27)28)13-12-20(18)21)11-9-15-8-10-16-4-1-2-5-17(16)14-15/h1-8,10,12-14H,(H,25,26)(H,27,28). The summed E-state index contributed by atoms with van der Waals surface area (Å²) >= 11 is 0. The first-order valence-electron chi connectivity index (χ1n) is 8.58. The molecule has 0 unspecified atom stereocenters. The molecule has 0 atom stereocenters. The van der Waals surface area contributed by atoms with E-state index in [9.17, 15) is 19.8 Å². The molecule has 4 rings (SSSR count). The van der Waals surface area contributed by atoms with Gasteiger partial charge in [0.15, 0.2) is 0 Å². The summed E-state index contributed by atoms with van der Waals surface area (Å²) in [7, 11) is 0. The monoisotopic (exact) mass is 366 g/mol. The predicted molar refractivity (Wildman–Crippen MR) is 108 cm³/mol. The van der Waals surface area contributed by atoms with Crippen LogP contribution >= 0.6 is 0 Å². The molecule has 0 saturated carbocycles. The van der Waals surface area contributed by atoms with E-state index >= 15 is 0 Å². The summed E-state index contributed by atoms with van der Waals surface area (Å²) in [5.41, 5.74) is 1.22. The van der Waals surface area contributed by atoms with Crippen LogP contribution in [0.4, 0.5) is 0 Å². The maximum Gasteiger partial charge on any atom is 0.336 e. The molecule has 4 nitrogen and oxygen atoms in total. The summed E-state index contributed by atoms with van der Waals surface area (Å²) < 4.78 is 0. The molecule has 0 saturated heterocycles. The van der Waals surface area contributed by atoms with Crippen molar-refractivity contribution in [2.45, 2.75) is 0 Å². The van der Waals surface area contributed by atoms with Crippen molar-refractivity contribution in [3.63, 3.8) is 0 Å². The van der Waals surface area contributed by atoms with Crippen molar-refractivity contribution in [1.82, 2.24) is 0 Å². The van der Waals surface area contributed by atoms with Gasteiger partial charge >= 0.3 is 11.9 Å². The highest BCUT2D eigenvalue weighted by molar-refractivity contribution is 6.08. The van der Waals surface area contributed by atoms with Crippen LogP contribution in [0.2, 0.25) is 0 Å². The Labute approximate surface area is 160 Å². The van der Waals surface area contributed by atoms with Crippen LogP contribution in [-0.4, -0.2) is 22.2 Å². The number of carboxylic acids is 2. The lowest BCUT2D eigenvalue weighted by molar-refractivity contribution is 0.0688. The Balaban J connectivity index is 1.93. The number of aromatic carboxylic acids is 2. The predicted octanol–water partition coefficient (Wildman–Crippen LogP) is 4.79.